The van der Waals surface area contributed by atoms with E-state index in [2.05, 4.69) is 20.2 Å². The predicted molar refractivity (Wildman–Crippen MR) is 91.2 cm³/mol. The summed E-state index contributed by atoms with van der Waals surface area (Å²) in [5.41, 5.74) is 1.94. The van der Waals surface area contributed by atoms with Crippen molar-refractivity contribution in [2.45, 2.75) is 46.7 Å². The first kappa shape index (κ1) is 16.2. The Balaban J connectivity index is 2.05. The molecular formula is C16H22N6O2. The highest BCUT2D eigenvalue weighted by Crippen LogP contribution is 2.21. The maximum absolute atomic E-state index is 12.4. The van der Waals surface area contributed by atoms with E-state index in [1.165, 1.54) is 0 Å². The summed E-state index contributed by atoms with van der Waals surface area (Å²) < 4.78 is 6.96. The fraction of sp³-hybridized carbons (Fsp3) is 0.500. The van der Waals surface area contributed by atoms with Crippen LogP contribution in [0.1, 0.15) is 37.8 Å². The van der Waals surface area contributed by atoms with E-state index in [4.69, 9.17) is 4.52 Å². The second-order valence-electron chi connectivity index (χ2n) is 7.01. The van der Waals surface area contributed by atoms with Gasteiger partial charge in [0.25, 0.3) is 5.56 Å². The number of H-pyrrole nitrogens is 1. The van der Waals surface area contributed by atoms with Gasteiger partial charge in [-0.1, -0.05) is 5.16 Å². The summed E-state index contributed by atoms with van der Waals surface area (Å²) in [6.45, 7) is 10.4. The van der Waals surface area contributed by atoms with Crippen molar-refractivity contribution in [2.75, 3.05) is 11.9 Å². The van der Waals surface area contributed by atoms with E-state index in [0.717, 1.165) is 17.0 Å². The Labute approximate surface area is 139 Å². The maximum atomic E-state index is 12.4. The molecule has 0 aliphatic heterocycles. The molecule has 8 heteroatoms. The number of hydrogen-bond acceptors (Lipinski definition) is 6. The number of aryl methyl sites for hydroxylation is 2. The number of fused-ring (bicyclic) bond motifs is 1. The fourth-order valence-electron chi connectivity index (χ4n) is 2.62. The molecule has 0 aromatic carbocycles. The molecule has 0 saturated heterocycles. The molecule has 0 unspecified atom stereocenters. The van der Waals surface area contributed by atoms with Crippen molar-refractivity contribution < 1.29 is 4.52 Å². The van der Waals surface area contributed by atoms with Crippen LogP contribution in [0, 0.1) is 13.8 Å². The van der Waals surface area contributed by atoms with Crippen molar-refractivity contribution in [1.82, 2.24) is 24.9 Å². The lowest BCUT2D eigenvalue weighted by Crippen LogP contribution is -2.26. The van der Waals surface area contributed by atoms with E-state index in [9.17, 15) is 4.79 Å². The number of nitrogens with zero attached hydrogens (tertiary/aromatic N) is 5. The molecule has 0 fully saturated rings. The van der Waals surface area contributed by atoms with Crippen LogP contribution < -0.4 is 10.5 Å². The Hall–Kier alpha value is -2.64. The molecule has 3 aromatic rings. The van der Waals surface area contributed by atoms with Gasteiger partial charge in [0, 0.05) is 12.6 Å². The van der Waals surface area contributed by atoms with E-state index in [0.29, 0.717) is 23.5 Å². The Morgan fingerprint density at radius 2 is 2.04 bits per heavy atom. The van der Waals surface area contributed by atoms with Gasteiger partial charge < -0.3 is 9.42 Å². The van der Waals surface area contributed by atoms with Gasteiger partial charge in [-0.15, -0.1) is 0 Å². The molecule has 24 heavy (non-hydrogen) atoms. The van der Waals surface area contributed by atoms with Crippen molar-refractivity contribution in [1.29, 1.82) is 0 Å². The zero-order chi connectivity index (χ0) is 17.6. The lowest BCUT2D eigenvalue weighted by Gasteiger charge is -2.21. The minimum absolute atomic E-state index is 0.198. The monoisotopic (exact) mass is 330 g/mol. The molecule has 1 N–H and O–H groups in total. The van der Waals surface area contributed by atoms with Crippen LogP contribution in [0.25, 0.3) is 11.0 Å². The highest BCUT2D eigenvalue weighted by Gasteiger charge is 2.21. The molecule has 0 amide bonds. The molecule has 0 radical (unpaired) electrons. The number of nitrogens with one attached hydrogen (secondary N) is 1. The summed E-state index contributed by atoms with van der Waals surface area (Å²) in [4.78, 5) is 21.7. The van der Waals surface area contributed by atoms with Crippen LogP contribution in [-0.2, 0) is 12.1 Å². The SMILES string of the molecule is Cc1noc(C)c1CN(C)c1nc2c(cnn2C(C)(C)C)c(=O)[nH]1. The van der Waals surface area contributed by atoms with Gasteiger partial charge in [0.15, 0.2) is 5.65 Å². The minimum atomic E-state index is -0.264. The summed E-state index contributed by atoms with van der Waals surface area (Å²) in [7, 11) is 1.87. The fourth-order valence-corrected chi connectivity index (χ4v) is 2.62. The zero-order valence-corrected chi connectivity index (χ0v) is 14.8. The summed E-state index contributed by atoms with van der Waals surface area (Å²) in [5, 5.41) is 8.77. The van der Waals surface area contributed by atoms with Crippen LogP contribution in [0.15, 0.2) is 15.5 Å². The standard InChI is InChI=1S/C16H22N6O2/c1-9-12(10(2)24-20-9)8-21(6)15-18-13-11(14(23)19-15)7-17-22(13)16(3,4)5/h7H,8H2,1-6H3,(H,18,19,23). The maximum Gasteiger partial charge on any atom is 0.263 e. The predicted octanol–water partition coefficient (Wildman–Crippen LogP) is 2.12. The van der Waals surface area contributed by atoms with E-state index in [1.54, 1.807) is 10.9 Å². The molecular weight excluding hydrogens is 308 g/mol. The van der Waals surface area contributed by atoms with Gasteiger partial charge in [-0.05, 0) is 34.6 Å². The van der Waals surface area contributed by atoms with Crippen molar-refractivity contribution >= 4 is 17.0 Å². The first-order chi connectivity index (χ1) is 11.2. The third-order valence-corrected chi connectivity index (χ3v) is 4.00. The van der Waals surface area contributed by atoms with Gasteiger partial charge in [-0.25, -0.2) is 4.68 Å². The molecule has 0 aliphatic rings. The minimum Gasteiger partial charge on any atom is -0.361 e. The highest BCUT2D eigenvalue weighted by atomic mass is 16.5. The molecule has 3 rings (SSSR count). The summed E-state index contributed by atoms with van der Waals surface area (Å²) in [6.07, 6.45) is 1.56. The second kappa shape index (κ2) is 5.47. The van der Waals surface area contributed by atoms with Gasteiger partial charge in [0.05, 0.1) is 24.0 Å². The Morgan fingerprint density at radius 1 is 1.33 bits per heavy atom. The quantitative estimate of drug-likeness (QED) is 0.790. The largest absolute Gasteiger partial charge is 0.361 e. The lowest BCUT2D eigenvalue weighted by molar-refractivity contribution is 0.366. The first-order valence-corrected chi connectivity index (χ1v) is 7.80. The van der Waals surface area contributed by atoms with Crippen LogP contribution in [0.4, 0.5) is 5.95 Å². The van der Waals surface area contributed by atoms with Gasteiger partial charge in [-0.2, -0.15) is 10.1 Å². The Kier molecular flexibility index (Phi) is 3.70. The smallest absolute Gasteiger partial charge is 0.263 e. The molecule has 0 bridgehead atoms. The van der Waals surface area contributed by atoms with Crippen LogP contribution >= 0.6 is 0 Å². The zero-order valence-electron chi connectivity index (χ0n) is 14.8. The number of anilines is 1. The average molecular weight is 330 g/mol. The van der Waals surface area contributed by atoms with Crippen molar-refractivity contribution in [3.63, 3.8) is 0 Å². The van der Waals surface area contributed by atoms with Crippen molar-refractivity contribution in [3.05, 3.63) is 33.6 Å². The topological polar surface area (TPSA) is 92.8 Å². The molecule has 0 aliphatic carbocycles. The van der Waals surface area contributed by atoms with E-state index in [-0.39, 0.29) is 11.1 Å². The van der Waals surface area contributed by atoms with E-state index < -0.39 is 0 Å². The van der Waals surface area contributed by atoms with Crippen LogP contribution in [0.3, 0.4) is 0 Å². The van der Waals surface area contributed by atoms with Gasteiger partial charge in [0.2, 0.25) is 5.95 Å². The number of rotatable bonds is 3. The van der Waals surface area contributed by atoms with Crippen LogP contribution in [0.2, 0.25) is 0 Å². The highest BCUT2D eigenvalue weighted by molar-refractivity contribution is 5.74. The van der Waals surface area contributed by atoms with Gasteiger partial charge in [-0.3, -0.25) is 9.78 Å². The molecule has 8 nitrogen and oxygen atoms in total. The van der Waals surface area contributed by atoms with Crippen LogP contribution in [0.5, 0.6) is 0 Å². The third-order valence-electron chi connectivity index (χ3n) is 4.00. The van der Waals surface area contributed by atoms with Crippen LogP contribution in [-0.4, -0.2) is 32.0 Å². The molecule has 3 aromatic heterocycles. The van der Waals surface area contributed by atoms with E-state index in [1.807, 2.05) is 46.6 Å². The average Bonchev–Trinajstić information content (AvgIpc) is 3.05. The Morgan fingerprint density at radius 3 is 2.62 bits per heavy atom. The molecule has 3 heterocycles. The van der Waals surface area contributed by atoms with Crippen molar-refractivity contribution in [2.24, 2.45) is 0 Å². The number of aromatic amines is 1. The summed E-state index contributed by atoms with van der Waals surface area (Å²) in [5.74, 6) is 1.25. The lowest BCUT2D eigenvalue weighted by atomic mass is 10.1. The normalized spacial score (nSPS) is 12.1. The number of aromatic nitrogens is 5. The molecule has 0 saturated carbocycles. The molecule has 0 spiro atoms. The summed E-state index contributed by atoms with van der Waals surface area (Å²) >= 11 is 0. The summed E-state index contributed by atoms with van der Waals surface area (Å²) in [6, 6.07) is 0. The Bertz CT molecular complexity index is 924. The molecule has 0 atom stereocenters. The van der Waals surface area contributed by atoms with Gasteiger partial charge in [0.1, 0.15) is 11.1 Å². The third kappa shape index (κ3) is 2.68. The van der Waals surface area contributed by atoms with Crippen molar-refractivity contribution in [3.8, 4) is 0 Å². The van der Waals surface area contributed by atoms with E-state index >= 15 is 0 Å². The second-order valence-corrected chi connectivity index (χ2v) is 7.01. The molecule has 128 valence electrons. The van der Waals surface area contributed by atoms with Gasteiger partial charge >= 0.3 is 0 Å². The first-order valence-electron chi connectivity index (χ1n) is 7.80. The number of hydrogen-bond donors (Lipinski definition) is 1.